The van der Waals surface area contributed by atoms with E-state index in [0.29, 0.717) is 31.0 Å². The Hall–Kier alpha value is -1.57. The van der Waals surface area contributed by atoms with Crippen LogP contribution in [0.3, 0.4) is 0 Å². The van der Waals surface area contributed by atoms with Crippen molar-refractivity contribution in [3.8, 4) is 0 Å². The lowest BCUT2D eigenvalue weighted by molar-refractivity contribution is -0.110. The normalized spacial score (nSPS) is 10.0. The third kappa shape index (κ3) is 5.35. The van der Waals surface area contributed by atoms with Gasteiger partial charge in [0.25, 0.3) is 0 Å². The van der Waals surface area contributed by atoms with Gasteiger partial charge in [0, 0.05) is 25.1 Å². The first-order valence-corrected chi connectivity index (χ1v) is 5.66. The number of hydrogen-bond donors (Lipinski definition) is 3. The van der Waals surface area contributed by atoms with Gasteiger partial charge in [0.1, 0.15) is 0 Å². The second-order valence-electron chi connectivity index (χ2n) is 2.90. The Morgan fingerprint density at radius 3 is 3.12 bits per heavy atom. The summed E-state index contributed by atoms with van der Waals surface area (Å²) in [6.45, 7) is 0.391. The van der Waals surface area contributed by atoms with E-state index in [1.54, 1.807) is 0 Å². The van der Waals surface area contributed by atoms with Gasteiger partial charge in [0.05, 0.1) is 0 Å². The maximum Gasteiger partial charge on any atom is 0.227 e. The summed E-state index contributed by atoms with van der Waals surface area (Å²) in [5.74, 6) is 1.02. The highest BCUT2D eigenvalue weighted by Crippen LogP contribution is 2.07. The van der Waals surface area contributed by atoms with Crippen LogP contribution in [0.5, 0.6) is 0 Å². The summed E-state index contributed by atoms with van der Waals surface area (Å²) in [5, 5.41) is 13.0. The molecule has 7 nitrogen and oxygen atoms in total. The monoisotopic (exact) mass is 243 g/mol. The van der Waals surface area contributed by atoms with E-state index in [-0.39, 0.29) is 11.1 Å². The highest BCUT2D eigenvalue weighted by Gasteiger charge is 2.05. The lowest BCUT2D eigenvalue weighted by Gasteiger charge is -2.01. The van der Waals surface area contributed by atoms with Gasteiger partial charge in [-0.25, -0.2) is 0 Å². The summed E-state index contributed by atoms with van der Waals surface area (Å²) in [4.78, 5) is 15.1. The number of hydrogen-bond acceptors (Lipinski definition) is 6. The maximum atomic E-state index is 11.3. The van der Waals surface area contributed by atoms with E-state index in [1.807, 2.05) is 0 Å². The molecule has 0 radical (unpaired) electrons. The fourth-order valence-electron chi connectivity index (χ4n) is 0.930. The van der Waals surface area contributed by atoms with Gasteiger partial charge in [-0.1, -0.05) is 16.9 Å². The number of nitrogens with zero attached hydrogens (tertiary/aromatic N) is 2. The van der Waals surface area contributed by atoms with Gasteiger partial charge in [-0.05, 0) is 0 Å². The molecule has 0 spiro atoms. The van der Waals surface area contributed by atoms with E-state index < -0.39 is 0 Å². The van der Waals surface area contributed by atoms with Crippen LogP contribution in [0.15, 0.2) is 10.9 Å². The van der Waals surface area contributed by atoms with Gasteiger partial charge in [-0.2, -0.15) is 4.98 Å². The lowest BCUT2D eigenvalue weighted by Crippen LogP contribution is -2.31. The van der Waals surface area contributed by atoms with E-state index in [9.17, 15) is 4.79 Å². The molecule has 0 aliphatic rings. The fourth-order valence-corrected chi connectivity index (χ4v) is 1.68. The Balaban J connectivity index is 2.04. The first-order valence-electron chi connectivity index (χ1n) is 4.67. The highest BCUT2D eigenvalue weighted by atomic mass is 32.2. The summed E-state index contributed by atoms with van der Waals surface area (Å²) < 4.78 is 4.79. The Labute approximate surface area is 96.7 Å². The average molecular weight is 243 g/mol. The Kier molecular flexibility index (Phi) is 5.34. The smallest absolute Gasteiger partial charge is 0.227 e. The first-order chi connectivity index (χ1) is 7.68. The number of carbonyl (C=O) groups excluding carboxylic acids is 1. The summed E-state index contributed by atoms with van der Waals surface area (Å²) in [6.07, 6.45) is 2.25. The molecule has 0 aliphatic carbocycles. The van der Waals surface area contributed by atoms with Crippen LogP contribution in [0.4, 0.5) is 0 Å². The molecule has 0 amide bonds. The predicted octanol–water partition coefficient (Wildman–Crippen LogP) is -0.255. The molecule has 4 N–H and O–H groups in total. The van der Waals surface area contributed by atoms with Crippen LogP contribution >= 0.6 is 11.8 Å². The van der Waals surface area contributed by atoms with Crippen molar-refractivity contribution in [3.63, 3.8) is 0 Å². The Bertz CT molecular complexity index is 340. The van der Waals surface area contributed by atoms with Crippen LogP contribution in [0, 0.1) is 5.41 Å². The van der Waals surface area contributed by atoms with Gasteiger partial charge < -0.3 is 15.6 Å². The van der Waals surface area contributed by atoms with E-state index in [2.05, 4.69) is 15.5 Å². The van der Waals surface area contributed by atoms with Crippen LogP contribution < -0.4 is 11.1 Å². The minimum Gasteiger partial charge on any atom is -0.370 e. The molecule has 1 aromatic rings. The first kappa shape index (κ1) is 12.5. The molecule has 0 saturated heterocycles. The largest absolute Gasteiger partial charge is 0.370 e. The number of aryl methyl sites for hydroxylation is 1. The number of thioether (sulfide) groups is 1. The summed E-state index contributed by atoms with van der Waals surface area (Å²) in [7, 11) is 0. The van der Waals surface area contributed by atoms with Crippen LogP contribution in [-0.2, 0) is 11.2 Å². The van der Waals surface area contributed by atoms with Crippen molar-refractivity contribution >= 4 is 22.8 Å². The minimum atomic E-state index is -0.122. The van der Waals surface area contributed by atoms with Crippen molar-refractivity contribution in [2.24, 2.45) is 5.73 Å². The zero-order valence-corrected chi connectivity index (χ0v) is 9.42. The number of nitrogens with two attached hydrogens (primary N) is 1. The van der Waals surface area contributed by atoms with Gasteiger partial charge in [0.2, 0.25) is 5.89 Å². The second kappa shape index (κ2) is 6.83. The molecule has 1 rings (SSSR count). The zero-order valence-electron chi connectivity index (χ0n) is 8.60. The lowest BCUT2D eigenvalue weighted by atomic mass is 10.5. The molecular weight excluding hydrogens is 230 g/mol. The van der Waals surface area contributed by atoms with Gasteiger partial charge in [0.15, 0.2) is 17.4 Å². The van der Waals surface area contributed by atoms with Gasteiger partial charge in [-0.3, -0.25) is 10.2 Å². The zero-order chi connectivity index (χ0) is 11.8. The van der Waals surface area contributed by atoms with Crippen LogP contribution in [0.2, 0.25) is 0 Å². The molecule has 0 fully saturated rings. The minimum absolute atomic E-state index is 0.0493. The van der Waals surface area contributed by atoms with E-state index in [1.165, 1.54) is 18.1 Å². The molecule has 88 valence electrons. The maximum absolute atomic E-state index is 11.3. The van der Waals surface area contributed by atoms with Crippen molar-refractivity contribution in [1.29, 1.82) is 5.41 Å². The number of guanidine groups is 1. The Morgan fingerprint density at radius 1 is 1.69 bits per heavy atom. The number of aromatic nitrogens is 2. The van der Waals surface area contributed by atoms with E-state index in [4.69, 9.17) is 15.7 Å². The number of nitrogens with one attached hydrogen (secondary N) is 2. The van der Waals surface area contributed by atoms with Crippen molar-refractivity contribution in [2.45, 2.75) is 12.8 Å². The van der Waals surface area contributed by atoms with E-state index >= 15 is 0 Å². The molecule has 0 aromatic carbocycles. The summed E-state index contributed by atoms with van der Waals surface area (Å²) in [6, 6.07) is 0. The molecular formula is C8H13N5O2S. The molecule has 0 aliphatic heterocycles. The molecule has 0 atom stereocenters. The third-order valence-corrected chi connectivity index (χ3v) is 2.56. The quantitative estimate of drug-likeness (QED) is 0.465. The van der Waals surface area contributed by atoms with Crippen molar-refractivity contribution < 1.29 is 9.32 Å². The molecule has 0 saturated carbocycles. The third-order valence-electron chi connectivity index (χ3n) is 1.63. The second-order valence-corrected chi connectivity index (χ2v) is 4.05. The molecule has 1 heterocycles. The number of carbonyl (C=O) groups is 1. The SMILES string of the molecule is N=C(N)NCCC(=O)SCCc1ncno1. The van der Waals surface area contributed by atoms with Crippen molar-refractivity contribution in [2.75, 3.05) is 12.3 Å². The van der Waals surface area contributed by atoms with Crippen molar-refractivity contribution in [1.82, 2.24) is 15.5 Å². The molecule has 0 bridgehead atoms. The van der Waals surface area contributed by atoms with Crippen LogP contribution in [0.25, 0.3) is 0 Å². The Morgan fingerprint density at radius 2 is 2.50 bits per heavy atom. The van der Waals surface area contributed by atoms with Gasteiger partial charge in [-0.15, -0.1) is 0 Å². The summed E-state index contributed by atoms with van der Waals surface area (Å²) in [5.41, 5.74) is 5.07. The standard InChI is InChI=1S/C8H13N5O2S/c9-8(10)11-3-1-7(14)16-4-2-6-12-5-13-15-6/h5H,1-4H2,(H4,9,10,11). The van der Waals surface area contributed by atoms with Crippen LogP contribution in [-0.4, -0.2) is 33.5 Å². The van der Waals surface area contributed by atoms with Gasteiger partial charge >= 0.3 is 0 Å². The molecule has 8 heteroatoms. The predicted molar refractivity (Wildman–Crippen MR) is 60.0 cm³/mol. The highest BCUT2D eigenvalue weighted by molar-refractivity contribution is 8.13. The van der Waals surface area contributed by atoms with Crippen molar-refractivity contribution in [3.05, 3.63) is 12.2 Å². The molecule has 16 heavy (non-hydrogen) atoms. The average Bonchev–Trinajstić information content (AvgIpc) is 2.70. The molecule has 1 aromatic heterocycles. The van der Waals surface area contributed by atoms with Crippen LogP contribution in [0.1, 0.15) is 12.3 Å². The topological polar surface area (TPSA) is 118 Å². The molecule has 0 unspecified atom stereocenters. The van der Waals surface area contributed by atoms with E-state index in [0.717, 1.165) is 0 Å². The summed E-state index contributed by atoms with van der Waals surface area (Å²) >= 11 is 1.21. The fraction of sp³-hybridized carbons (Fsp3) is 0.500. The number of rotatable bonds is 6.